The molecule has 2 unspecified atom stereocenters. The second kappa shape index (κ2) is 7.41. The Balaban J connectivity index is 2.20. The smallest absolute Gasteiger partial charge is 0.178 e. The molecule has 0 aliphatic heterocycles. The summed E-state index contributed by atoms with van der Waals surface area (Å²) in [7, 11) is 0.0700. The summed E-state index contributed by atoms with van der Waals surface area (Å²) in [6.07, 6.45) is 8.36. The van der Waals surface area contributed by atoms with E-state index in [1.165, 1.54) is 37.0 Å². The van der Waals surface area contributed by atoms with E-state index < -0.39 is 0 Å². The molecule has 3 heteroatoms. The quantitative estimate of drug-likeness (QED) is 0.760. The molecular formula is C16H28NOS+. The molecule has 0 saturated heterocycles. The van der Waals surface area contributed by atoms with Crippen LogP contribution >= 0.6 is 10.7 Å². The van der Waals surface area contributed by atoms with Crippen molar-refractivity contribution in [2.45, 2.75) is 70.8 Å². The van der Waals surface area contributed by atoms with E-state index in [-0.39, 0.29) is 16.8 Å². The Hall–Kier alpha value is -0.380. The fourth-order valence-corrected chi connectivity index (χ4v) is 4.97. The summed E-state index contributed by atoms with van der Waals surface area (Å²) in [5.41, 5.74) is 1.55. The van der Waals surface area contributed by atoms with Gasteiger partial charge in [0.25, 0.3) is 0 Å². The predicted molar refractivity (Wildman–Crippen MR) is 84.7 cm³/mol. The molecule has 1 aliphatic rings. The molecule has 2 N–H and O–H groups in total. The van der Waals surface area contributed by atoms with Crippen LogP contribution in [0.3, 0.4) is 0 Å². The highest BCUT2D eigenvalue weighted by Crippen LogP contribution is 2.40. The number of hydrogen-bond acceptors (Lipinski definition) is 2. The van der Waals surface area contributed by atoms with E-state index in [1.807, 2.05) is 0 Å². The van der Waals surface area contributed by atoms with E-state index in [9.17, 15) is 5.11 Å². The van der Waals surface area contributed by atoms with Gasteiger partial charge < -0.3 is 5.11 Å². The molecule has 2 rings (SSSR count). The molecular weight excluding hydrogens is 254 g/mol. The summed E-state index contributed by atoms with van der Waals surface area (Å²) in [5, 5.41) is 12.4. The van der Waals surface area contributed by atoms with Crippen molar-refractivity contribution < 1.29 is 5.11 Å². The van der Waals surface area contributed by atoms with Crippen molar-refractivity contribution >= 4 is 10.7 Å². The lowest BCUT2D eigenvalue weighted by Gasteiger charge is -2.21. The molecule has 0 aromatic carbocycles. The van der Waals surface area contributed by atoms with Crippen molar-refractivity contribution in [2.75, 3.05) is 11.3 Å². The number of aliphatic hydroxyl groups is 1. The molecule has 1 fully saturated rings. The summed E-state index contributed by atoms with van der Waals surface area (Å²) in [4.78, 5) is 1.49. The van der Waals surface area contributed by atoms with E-state index in [0.717, 1.165) is 25.3 Å². The second-order valence-corrected chi connectivity index (χ2v) is 7.35. The Morgan fingerprint density at radius 1 is 1.32 bits per heavy atom. The Labute approximate surface area is 120 Å². The van der Waals surface area contributed by atoms with Gasteiger partial charge in [-0.05, 0) is 32.1 Å². The van der Waals surface area contributed by atoms with Gasteiger partial charge in [0.15, 0.2) is 10.3 Å². The van der Waals surface area contributed by atoms with Crippen LogP contribution in [0.25, 0.3) is 0 Å². The van der Waals surface area contributed by atoms with Crippen molar-refractivity contribution in [2.24, 2.45) is 0 Å². The Morgan fingerprint density at radius 2 is 2.05 bits per heavy atom. The zero-order valence-electron chi connectivity index (χ0n) is 12.3. The minimum atomic E-state index is -0.179. The van der Waals surface area contributed by atoms with Gasteiger partial charge in [-0.1, -0.05) is 26.2 Å². The van der Waals surface area contributed by atoms with E-state index in [0.29, 0.717) is 0 Å². The van der Waals surface area contributed by atoms with Crippen LogP contribution in [0.15, 0.2) is 11.4 Å². The molecule has 0 radical (unpaired) electrons. The zero-order chi connectivity index (χ0) is 13.7. The zero-order valence-corrected chi connectivity index (χ0v) is 13.1. The third kappa shape index (κ3) is 3.80. The third-order valence-corrected chi connectivity index (χ3v) is 6.15. The molecule has 19 heavy (non-hydrogen) atoms. The van der Waals surface area contributed by atoms with Crippen molar-refractivity contribution in [3.63, 3.8) is 0 Å². The molecule has 0 amide bonds. The van der Waals surface area contributed by atoms with Crippen molar-refractivity contribution in [1.29, 1.82) is 0 Å². The highest BCUT2D eigenvalue weighted by molar-refractivity contribution is 7.31. The monoisotopic (exact) mass is 282 g/mol. The van der Waals surface area contributed by atoms with Gasteiger partial charge in [-0.15, -0.1) is 4.72 Å². The van der Waals surface area contributed by atoms with Crippen LogP contribution in [-0.4, -0.2) is 17.8 Å². The van der Waals surface area contributed by atoms with Gasteiger partial charge in [0.2, 0.25) is 0 Å². The van der Waals surface area contributed by atoms with Crippen LogP contribution in [0.2, 0.25) is 0 Å². The van der Waals surface area contributed by atoms with Gasteiger partial charge >= 0.3 is 0 Å². The third-order valence-electron chi connectivity index (χ3n) is 4.21. The number of nitrogens with one attached hydrogen (secondary N) is 1. The van der Waals surface area contributed by atoms with Gasteiger partial charge in [-0.3, -0.25) is 0 Å². The van der Waals surface area contributed by atoms with Crippen LogP contribution < -0.4 is 4.72 Å². The first-order chi connectivity index (χ1) is 9.26. The highest BCUT2D eigenvalue weighted by atomic mass is 32.2. The van der Waals surface area contributed by atoms with Gasteiger partial charge in [0.05, 0.1) is 16.8 Å². The standard InChI is InChI=1S/C16H28NOS/c1-3-14(18)12-16-15(10-11-19(16)17-4-2)13-8-6-5-7-9-13/h10-11,13-14,17-18H,3-9,12H2,1-2H3/q+1. The number of thiophene rings is 1. The molecule has 0 bridgehead atoms. The molecule has 0 spiro atoms. The summed E-state index contributed by atoms with van der Waals surface area (Å²) in [5.74, 6) is 0.750. The fourth-order valence-electron chi connectivity index (χ4n) is 3.08. The number of rotatable bonds is 6. The minimum Gasteiger partial charge on any atom is -0.393 e. The van der Waals surface area contributed by atoms with Gasteiger partial charge in [-0.2, -0.15) is 0 Å². The normalized spacial score (nSPS) is 19.6. The number of hydrogen-bond donors (Lipinski definition) is 2. The van der Waals surface area contributed by atoms with Crippen molar-refractivity contribution in [3.05, 3.63) is 21.9 Å². The maximum atomic E-state index is 10.0. The average molecular weight is 282 g/mol. The van der Waals surface area contributed by atoms with E-state index in [4.69, 9.17) is 0 Å². The van der Waals surface area contributed by atoms with Crippen LogP contribution in [0.5, 0.6) is 0 Å². The molecule has 1 aromatic rings. The lowest BCUT2D eigenvalue weighted by atomic mass is 9.84. The molecule has 1 heterocycles. The Morgan fingerprint density at radius 3 is 2.68 bits per heavy atom. The van der Waals surface area contributed by atoms with Gasteiger partial charge in [-0.25, -0.2) is 0 Å². The summed E-state index contributed by atoms with van der Waals surface area (Å²) >= 11 is 0. The Kier molecular flexibility index (Phi) is 5.86. The molecule has 2 nitrogen and oxygen atoms in total. The van der Waals surface area contributed by atoms with Crippen LogP contribution in [-0.2, 0) is 6.42 Å². The topological polar surface area (TPSA) is 32.3 Å². The highest BCUT2D eigenvalue weighted by Gasteiger charge is 2.28. The molecule has 2 atom stereocenters. The first-order valence-electron chi connectivity index (χ1n) is 7.82. The maximum Gasteiger partial charge on any atom is 0.178 e. The maximum absolute atomic E-state index is 10.0. The molecule has 1 aromatic heterocycles. The van der Waals surface area contributed by atoms with Crippen LogP contribution in [0.4, 0.5) is 0 Å². The lowest BCUT2D eigenvalue weighted by molar-refractivity contribution is 0.171. The Bertz CT molecular complexity index is 382. The molecule has 108 valence electrons. The van der Waals surface area contributed by atoms with Gasteiger partial charge in [0.1, 0.15) is 0 Å². The first-order valence-corrected chi connectivity index (χ1v) is 9.11. The first kappa shape index (κ1) is 15.0. The minimum absolute atomic E-state index is 0.0700. The SMILES string of the molecule is CCN[s+]1ccc(C2CCCCC2)c1CC(O)CC. The molecule has 1 aliphatic carbocycles. The van der Waals surface area contributed by atoms with Crippen LogP contribution in [0.1, 0.15) is 68.7 Å². The summed E-state index contributed by atoms with van der Waals surface area (Å²) < 4.78 is 3.57. The number of aliphatic hydroxyl groups excluding tert-OH is 1. The van der Waals surface area contributed by atoms with Gasteiger partial charge in [0, 0.05) is 24.6 Å². The second-order valence-electron chi connectivity index (χ2n) is 5.62. The van der Waals surface area contributed by atoms with E-state index in [2.05, 4.69) is 30.0 Å². The summed E-state index contributed by atoms with van der Waals surface area (Å²) in [6, 6.07) is 2.35. The van der Waals surface area contributed by atoms with Crippen LogP contribution in [0, 0.1) is 0 Å². The predicted octanol–water partition coefficient (Wildman–Crippen LogP) is 4.36. The summed E-state index contributed by atoms with van der Waals surface area (Å²) in [6.45, 7) is 5.23. The van der Waals surface area contributed by atoms with E-state index in [1.54, 1.807) is 5.56 Å². The lowest BCUT2D eigenvalue weighted by Crippen LogP contribution is -2.13. The van der Waals surface area contributed by atoms with E-state index >= 15 is 0 Å². The largest absolute Gasteiger partial charge is 0.393 e. The molecule has 1 saturated carbocycles. The van der Waals surface area contributed by atoms with Crippen molar-refractivity contribution in [3.8, 4) is 0 Å². The average Bonchev–Trinajstić information content (AvgIpc) is 2.83. The van der Waals surface area contributed by atoms with Crippen molar-refractivity contribution in [1.82, 2.24) is 0 Å². The fraction of sp³-hybridized carbons (Fsp3) is 0.750.